The Balaban J connectivity index is 1.33. The van der Waals surface area contributed by atoms with E-state index in [2.05, 4.69) is 34.1 Å². The van der Waals surface area contributed by atoms with Crippen molar-refractivity contribution < 1.29 is 13.2 Å². The molecule has 2 saturated heterocycles. The van der Waals surface area contributed by atoms with Gasteiger partial charge in [-0.15, -0.1) is 0 Å². The average Bonchev–Trinajstić information content (AvgIpc) is 3.10. The molecule has 0 radical (unpaired) electrons. The maximum atomic E-state index is 13.4. The Morgan fingerprint density at radius 1 is 0.900 bits per heavy atom. The van der Waals surface area contributed by atoms with Crippen molar-refractivity contribution in [2.75, 3.05) is 44.2 Å². The standard InChI is InChI=1S/C23H35N3O3S/c27-23(18-25-14-12-24(13-15-25)17-20-7-3-1-4-8-20)26(21-9-5-2-6-10-21)22-11-16-30(28,29)19-22/h1,3-4,7-8,21-22H,2,5-6,9-19H2/t22-/m1/s1. The van der Waals surface area contributed by atoms with Gasteiger partial charge >= 0.3 is 0 Å². The van der Waals surface area contributed by atoms with E-state index in [4.69, 9.17) is 0 Å². The lowest BCUT2D eigenvalue weighted by Crippen LogP contribution is -2.54. The highest BCUT2D eigenvalue weighted by atomic mass is 32.2. The minimum absolute atomic E-state index is 0.120. The Kier molecular flexibility index (Phi) is 7.11. The zero-order valence-corrected chi connectivity index (χ0v) is 18.7. The van der Waals surface area contributed by atoms with E-state index in [1.54, 1.807) is 0 Å². The summed E-state index contributed by atoms with van der Waals surface area (Å²) in [5.74, 6) is 0.521. The molecule has 1 aliphatic carbocycles. The van der Waals surface area contributed by atoms with E-state index in [9.17, 15) is 13.2 Å². The number of rotatable bonds is 6. The van der Waals surface area contributed by atoms with Crippen LogP contribution in [-0.2, 0) is 21.2 Å². The van der Waals surface area contributed by atoms with Crippen LogP contribution in [0.25, 0.3) is 0 Å². The highest BCUT2D eigenvalue weighted by Gasteiger charge is 2.39. The van der Waals surface area contributed by atoms with Crippen LogP contribution in [0, 0.1) is 0 Å². The first-order valence-electron chi connectivity index (χ1n) is 11.5. The van der Waals surface area contributed by atoms with Crippen molar-refractivity contribution in [2.45, 2.75) is 57.2 Å². The Morgan fingerprint density at radius 2 is 1.57 bits per heavy atom. The number of hydrogen-bond donors (Lipinski definition) is 0. The van der Waals surface area contributed by atoms with Gasteiger partial charge in [0, 0.05) is 44.8 Å². The topological polar surface area (TPSA) is 60.9 Å². The molecule has 0 spiro atoms. The number of carbonyl (C=O) groups excluding carboxylic acids is 1. The van der Waals surface area contributed by atoms with Gasteiger partial charge in [-0.25, -0.2) is 8.42 Å². The predicted molar refractivity (Wildman–Crippen MR) is 119 cm³/mol. The van der Waals surface area contributed by atoms with E-state index >= 15 is 0 Å². The van der Waals surface area contributed by atoms with Gasteiger partial charge in [-0.1, -0.05) is 49.6 Å². The predicted octanol–water partition coefficient (Wildman–Crippen LogP) is 2.15. The molecule has 4 rings (SSSR count). The van der Waals surface area contributed by atoms with Gasteiger partial charge in [-0.05, 0) is 24.8 Å². The van der Waals surface area contributed by atoms with Crippen LogP contribution in [0.15, 0.2) is 30.3 Å². The molecule has 30 heavy (non-hydrogen) atoms. The van der Waals surface area contributed by atoms with E-state index in [0.29, 0.717) is 13.0 Å². The van der Waals surface area contributed by atoms with Gasteiger partial charge in [0.25, 0.3) is 0 Å². The Hall–Kier alpha value is -1.44. The lowest BCUT2D eigenvalue weighted by Gasteiger charge is -2.40. The van der Waals surface area contributed by atoms with Gasteiger partial charge in [-0.2, -0.15) is 0 Å². The zero-order chi connectivity index (χ0) is 21.0. The third-order valence-corrected chi connectivity index (χ3v) is 8.68. The molecule has 1 amide bonds. The fraction of sp³-hybridized carbons (Fsp3) is 0.696. The van der Waals surface area contributed by atoms with Crippen LogP contribution in [0.1, 0.15) is 44.1 Å². The van der Waals surface area contributed by atoms with Crippen LogP contribution >= 0.6 is 0 Å². The van der Waals surface area contributed by atoms with Crippen molar-refractivity contribution in [3.63, 3.8) is 0 Å². The number of piperazine rings is 1. The molecule has 1 aromatic carbocycles. The number of benzene rings is 1. The molecule has 1 aromatic rings. The summed E-state index contributed by atoms with van der Waals surface area (Å²) in [7, 11) is -3.00. The van der Waals surface area contributed by atoms with Crippen LogP contribution in [0.5, 0.6) is 0 Å². The lowest BCUT2D eigenvalue weighted by molar-refractivity contribution is -0.138. The monoisotopic (exact) mass is 433 g/mol. The van der Waals surface area contributed by atoms with Crippen molar-refractivity contribution in [1.29, 1.82) is 0 Å². The first-order chi connectivity index (χ1) is 14.5. The molecule has 0 bridgehead atoms. The minimum atomic E-state index is -3.00. The van der Waals surface area contributed by atoms with Gasteiger partial charge in [0.2, 0.25) is 5.91 Å². The zero-order valence-electron chi connectivity index (χ0n) is 17.9. The van der Waals surface area contributed by atoms with E-state index in [1.807, 2.05) is 11.0 Å². The molecular formula is C23H35N3O3S. The fourth-order valence-electron chi connectivity index (χ4n) is 5.28. The number of carbonyl (C=O) groups is 1. The molecule has 0 unspecified atom stereocenters. The van der Waals surface area contributed by atoms with Gasteiger partial charge < -0.3 is 4.90 Å². The normalized spacial score (nSPS) is 25.9. The molecule has 1 saturated carbocycles. The first kappa shape index (κ1) is 21.8. The van der Waals surface area contributed by atoms with Crippen molar-refractivity contribution in [3.05, 3.63) is 35.9 Å². The first-order valence-corrected chi connectivity index (χ1v) is 13.3. The number of amides is 1. The number of hydrogen-bond acceptors (Lipinski definition) is 5. The number of nitrogens with zero attached hydrogens (tertiary/aromatic N) is 3. The maximum absolute atomic E-state index is 13.4. The lowest BCUT2D eigenvalue weighted by atomic mass is 9.92. The summed E-state index contributed by atoms with van der Waals surface area (Å²) in [5, 5.41) is 0. The summed E-state index contributed by atoms with van der Waals surface area (Å²) >= 11 is 0. The third-order valence-electron chi connectivity index (χ3n) is 6.93. The Morgan fingerprint density at radius 3 is 2.20 bits per heavy atom. The molecule has 3 fully saturated rings. The molecular weight excluding hydrogens is 398 g/mol. The molecule has 2 aliphatic heterocycles. The highest BCUT2D eigenvalue weighted by Crippen LogP contribution is 2.28. The highest BCUT2D eigenvalue weighted by molar-refractivity contribution is 7.91. The van der Waals surface area contributed by atoms with Gasteiger partial charge in [0.05, 0.1) is 18.1 Å². The molecule has 0 aromatic heterocycles. The van der Waals surface area contributed by atoms with Crippen LogP contribution < -0.4 is 0 Å². The summed E-state index contributed by atoms with van der Waals surface area (Å²) in [6.45, 7) is 5.08. The summed E-state index contributed by atoms with van der Waals surface area (Å²) in [4.78, 5) is 20.1. The molecule has 1 atom stereocenters. The second kappa shape index (κ2) is 9.79. The summed E-state index contributed by atoms with van der Waals surface area (Å²) in [6.07, 6.45) is 6.17. The minimum Gasteiger partial charge on any atom is -0.335 e. The molecule has 6 nitrogen and oxygen atoms in total. The van der Waals surface area contributed by atoms with Crippen molar-refractivity contribution in [2.24, 2.45) is 0 Å². The van der Waals surface area contributed by atoms with Gasteiger partial charge in [0.15, 0.2) is 9.84 Å². The Labute approximate surface area is 181 Å². The second-order valence-corrected chi connectivity index (χ2v) is 11.4. The van der Waals surface area contributed by atoms with E-state index in [0.717, 1.165) is 58.4 Å². The summed E-state index contributed by atoms with van der Waals surface area (Å²) in [5.41, 5.74) is 1.33. The molecule has 0 N–H and O–H groups in total. The second-order valence-electron chi connectivity index (χ2n) is 9.19. The van der Waals surface area contributed by atoms with E-state index < -0.39 is 9.84 Å². The van der Waals surface area contributed by atoms with E-state index in [-0.39, 0.29) is 29.5 Å². The third kappa shape index (κ3) is 5.62. The summed E-state index contributed by atoms with van der Waals surface area (Å²) in [6, 6.07) is 10.6. The van der Waals surface area contributed by atoms with Crippen LogP contribution in [-0.4, -0.2) is 85.3 Å². The van der Waals surface area contributed by atoms with Gasteiger partial charge in [0.1, 0.15) is 0 Å². The SMILES string of the molecule is O=C(CN1CCN(Cc2ccccc2)CC1)N(C1CCCCC1)[C@@H]1CCS(=O)(=O)C1. The molecule has 7 heteroatoms. The largest absolute Gasteiger partial charge is 0.335 e. The fourth-order valence-corrected chi connectivity index (χ4v) is 6.99. The molecule has 3 aliphatic rings. The van der Waals surface area contributed by atoms with Crippen molar-refractivity contribution in [1.82, 2.24) is 14.7 Å². The van der Waals surface area contributed by atoms with Crippen molar-refractivity contribution >= 4 is 15.7 Å². The van der Waals surface area contributed by atoms with Crippen LogP contribution in [0.3, 0.4) is 0 Å². The van der Waals surface area contributed by atoms with Gasteiger partial charge in [-0.3, -0.25) is 14.6 Å². The van der Waals surface area contributed by atoms with Crippen LogP contribution in [0.2, 0.25) is 0 Å². The maximum Gasteiger partial charge on any atom is 0.237 e. The number of sulfone groups is 1. The van der Waals surface area contributed by atoms with E-state index in [1.165, 1.54) is 12.0 Å². The molecule has 2 heterocycles. The quantitative estimate of drug-likeness (QED) is 0.688. The summed E-state index contributed by atoms with van der Waals surface area (Å²) < 4.78 is 24.1. The van der Waals surface area contributed by atoms with Crippen molar-refractivity contribution in [3.8, 4) is 0 Å². The smallest absolute Gasteiger partial charge is 0.237 e. The van der Waals surface area contributed by atoms with Crippen LogP contribution in [0.4, 0.5) is 0 Å². The Bertz CT molecular complexity index is 800. The average molecular weight is 434 g/mol. The molecule has 166 valence electrons.